The van der Waals surface area contributed by atoms with Gasteiger partial charge in [-0.15, -0.1) is 0 Å². The Morgan fingerprint density at radius 2 is 2.10 bits per heavy atom. The number of nitrogens with one attached hydrogen (secondary N) is 1. The van der Waals surface area contributed by atoms with Crippen LogP contribution in [0, 0.1) is 11.3 Å². The van der Waals surface area contributed by atoms with Gasteiger partial charge in [0.2, 0.25) is 5.91 Å². The molecule has 1 N–H and O–H groups in total. The normalized spacial score (nSPS) is 33.4. The fourth-order valence-electron chi connectivity index (χ4n) is 4.31. The lowest BCUT2D eigenvalue weighted by molar-refractivity contribution is -0.120. The summed E-state index contributed by atoms with van der Waals surface area (Å²) >= 11 is 0. The van der Waals surface area contributed by atoms with E-state index in [0.29, 0.717) is 6.04 Å². The summed E-state index contributed by atoms with van der Waals surface area (Å²) in [5.41, 5.74) is 1.57. The molecule has 3 atom stereocenters. The monoisotopic (exact) mass is 271 g/mol. The largest absolute Gasteiger partial charge is 0.352 e. The highest BCUT2D eigenvalue weighted by molar-refractivity contribution is 5.80. The topological polar surface area (TPSA) is 29.1 Å². The molecule has 1 spiro atoms. The molecule has 1 aromatic carbocycles. The molecule has 2 aliphatic rings. The van der Waals surface area contributed by atoms with Crippen molar-refractivity contribution in [3.8, 4) is 0 Å². The number of benzene rings is 1. The lowest BCUT2D eigenvalue weighted by Gasteiger charge is -2.41. The minimum atomic E-state index is 0.228. The average Bonchev–Trinajstić information content (AvgIpc) is 2.75. The van der Waals surface area contributed by atoms with Crippen molar-refractivity contribution in [2.45, 2.75) is 57.9 Å². The van der Waals surface area contributed by atoms with E-state index in [2.05, 4.69) is 42.6 Å². The van der Waals surface area contributed by atoms with Crippen LogP contribution >= 0.6 is 0 Å². The molecular weight excluding hydrogens is 246 g/mol. The van der Waals surface area contributed by atoms with Crippen molar-refractivity contribution in [1.82, 2.24) is 5.32 Å². The van der Waals surface area contributed by atoms with Crippen molar-refractivity contribution in [2.24, 2.45) is 11.3 Å². The molecule has 0 bridgehead atoms. The van der Waals surface area contributed by atoms with Crippen LogP contribution in [-0.4, -0.2) is 11.9 Å². The van der Waals surface area contributed by atoms with E-state index in [-0.39, 0.29) is 11.3 Å². The van der Waals surface area contributed by atoms with E-state index in [4.69, 9.17) is 0 Å². The second kappa shape index (κ2) is 5.59. The molecule has 1 aliphatic carbocycles. The van der Waals surface area contributed by atoms with Gasteiger partial charge in [0.1, 0.15) is 0 Å². The Labute approximate surface area is 122 Å². The van der Waals surface area contributed by atoms with Gasteiger partial charge in [-0.05, 0) is 36.2 Å². The van der Waals surface area contributed by atoms with Gasteiger partial charge in [0.25, 0.3) is 0 Å². The highest BCUT2D eigenvalue weighted by Crippen LogP contribution is 2.48. The molecule has 1 saturated carbocycles. The van der Waals surface area contributed by atoms with Crippen LogP contribution < -0.4 is 5.32 Å². The summed E-state index contributed by atoms with van der Waals surface area (Å²) in [7, 11) is 0. The highest BCUT2D eigenvalue weighted by Gasteiger charge is 2.48. The van der Waals surface area contributed by atoms with Crippen LogP contribution in [0.5, 0.6) is 0 Å². The van der Waals surface area contributed by atoms with E-state index >= 15 is 0 Å². The first-order valence-corrected chi connectivity index (χ1v) is 8.05. The van der Waals surface area contributed by atoms with Crippen LogP contribution in [0.4, 0.5) is 0 Å². The SMILES string of the molecule is CCC1CCCC2(CC(=O)NC2Cc2ccccc2)C1. The molecule has 0 radical (unpaired) electrons. The summed E-state index contributed by atoms with van der Waals surface area (Å²) < 4.78 is 0. The summed E-state index contributed by atoms with van der Waals surface area (Å²) in [6.07, 6.45) is 8.10. The third-order valence-corrected chi connectivity index (χ3v) is 5.43. The first kappa shape index (κ1) is 13.7. The third-order valence-electron chi connectivity index (χ3n) is 5.43. The van der Waals surface area contributed by atoms with Crippen molar-refractivity contribution in [3.63, 3.8) is 0 Å². The Morgan fingerprint density at radius 1 is 1.30 bits per heavy atom. The Bertz CT molecular complexity index is 470. The summed E-state index contributed by atoms with van der Waals surface area (Å²) in [5, 5.41) is 3.27. The van der Waals surface area contributed by atoms with Gasteiger partial charge in [0.15, 0.2) is 0 Å². The number of hydrogen-bond acceptors (Lipinski definition) is 1. The van der Waals surface area contributed by atoms with Crippen molar-refractivity contribution in [2.75, 3.05) is 0 Å². The van der Waals surface area contributed by atoms with Crippen LogP contribution in [0.3, 0.4) is 0 Å². The van der Waals surface area contributed by atoms with Crippen LogP contribution in [0.1, 0.15) is 51.0 Å². The molecular formula is C18H25NO. The molecule has 0 aromatic heterocycles. The highest BCUT2D eigenvalue weighted by atomic mass is 16.2. The van der Waals surface area contributed by atoms with E-state index in [1.54, 1.807) is 0 Å². The number of carbonyl (C=O) groups excluding carboxylic acids is 1. The molecule has 1 aromatic rings. The van der Waals surface area contributed by atoms with Gasteiger partial charge in [-0.25, -0.2) is 0 Å². The fraction of sp³-hybridized carbons (Fsp3) is 0.611. The Balaban J connectivity index is 1.79. The number of rotatable bonds is 3. The molecule has 2 fully saturated rings. The maximum atomic E-state index is 12.0. The zero-order valence-corrected chi connectivity index (χ0v) is 12.4. The number of hydrogen-bond donors (Lipinski definition) is 1. The quantitative estimate of drug-likeness (QED) is 0.892. The van der Waals surface area contributed by atoms with Gasteiger partial charge in [0.05, 0.1) is 0 Å². The molecule has 1 amide bonds. The van der Waals surface area contributed by atoms with Crippen LogP contribution in [-0.2, 0) is 11.2 Å². The summed E-state index contributed by atoms with van der Waals surface area (Å²) in [6.45, 7) is 2.29. The predicted octanol–water partition coefficient (Wildman–Crippen LogP) is 3.70. The van der Waals surface area contributed by atoms with Crippen LogP contribution in [0.15, 0.2) is 30.3 Å². The molecule has 3 rings (SSSR count). The lowest BCUT2D eigenvalue weighted by atomic mass is 9.64. The van der Waals surface area contributed by atoms with Gasteiger partial charge in [-0.2, -0.15) is 0 Å². The molecule has 108 valence electrons. The van der Waals surface area contributed by atoms with Crippen molar-refractivity contribution in [1.29, 1.82) is 0 Å². The smallest absolute Gasteiger partial charge is 0.220 e. The molecule has 2 nitrogen and oxygen atoms in total. The van der Waals surface area contributed by atoms with E-state index in [0.717, 1.165) is 18.8 Å². The fourth-order valence-corrected chi connectivity index (χ4v) is 4.31. The van der Waals surface area contributed by atoms with E-state index in [9.17, 15) is 4.79 Å². The molecule has 20 heavy (non-hydrogen) atoms. The van der Waals surface area contributed by atoms with E-state index in [1.165, 1.54) is 37.7 Å². The standard InChI is InChI=1S/C18H25NO/c1-2-14-9-6-10-18(12-14)13-17(20)19-16(18)11-15-7-4-3-5-8-15/h3-5,7-8,14,16H,2,6,9-13H2,1H3,(H,19,20). The molecule has 2 heteroatoms. The maximum absolute atomic E-state index is 12.0. The Kier molecular flexibility index (Phi) is 3.82. The minimum absolute atomic E-state index is 0.228. The second-order valence-corrected chi connectivity index (χ2v) is 6.72. The summed E-state index contributed by atoms with van der Waals surface area (Å²) in [5.74, 6) is 1.08. The maximum Gasteiger partial charge on any atom is 0.220 e. The average molecular weight is 271 g/mol. The van der Waals surface area contributed by atoms with Gasteiger partial charge >= 0.3 is 0 Å². The van der Waals surface area contributed by atoms with Gasteiger partial charge in [-0.3, -0.25) is 4.79 Å². The lowest BCUT2D eigenvalue weighted by Crippen LogP contribution is -2.42. The molecule has 1 heterocycles. The number of amides is 1. The van der Waals surface area contributed by atoms with Gasteiger partial charge in [-0.1, -0.05) is 56.5 Å². The molecule has 1 saturated heterocycles. The van der Waals surface area contributed by atoms with E-state index in [1.807, 2.05) is 0 Å². The summed E-state index contributed by atoms with van der Waals surface area (Å²) in [4.78, 5) is 12.0. The zero-order chi connectivity index (χ0) is 14.0. The van der Waals surface area contributed by atoms with E-state index < -0.39 is 0 Å². The van der Waals surface area contributed by atoms with Crippen molar-refractivity contribution >= 4 is 5.91 Å². The van der Waals surface area contributed by atoms with Crippen LogP contribution in [0.25, 0.3) is 0 Å². The second-order valence-electron chi connectivity index (χ2n) is 6.72. The van der Waals surface area contributed by atoms with Gasteiger partial charge < -0.3 is 5.32 Å². The summed E-state index contributed by atoms with van der Waals surface area (Å²) in [6, 6.07) is 10.9. The van der Waals surface area contributed by atoms with Crippen molar-refractivity contribution in [3.05, 3.63) is 35.9 Å². The van der Waals surface area contributed by atoms with Crippen molar-refractivity contribution < 1.29 is 4.79 Å². The molecule has 1 aliphatic heterocycles. The minimum Gasteiger partial charge on any atom is -0.352 e. The zero-order valence-electron chi connectivity index (χ0n) is 12.4. The third kappa shape index (κ3) is 2.61. The Hall–Kier alpha value is -1.31. The molecule has 3 unspecified atom stereocenters. The first-order valence-electron chi connectivity index (χ1n) is 8.05. The Morgan fingerprint density at radius 3 is 2.85 bits per heavy atom. The first-order chi connectivity index (χ1) is 9.72. The predicted molar refractivity (Wildman–Crippen MR) is 81.4 cm³/mol. The number of carbonyl (C=O) groups is 1. The van der Waals surface area contributed by atoms with Crippen LogP contribution in [0.2, 0.25) is 0 Å². The van der Waals surface area contributed by atoms with Gasteiger partial charge in [0, 0.05) is 12.5 Å².